The van der Waals surface area contributed by atoms with Gasteiger partial charge in [0.05, 0.1) is 0 Å². The number of nitrogens with zero attached hydrogens (tertiary/aromatic N) is 1. The molecule has 1 aliphatic rings. The first kappa shape index (κ1) is 18.0. The Morgan fingerprint density at radius 3 is 1.81 bits per heavy atom. The van der Waals surface area contributed by atoms with Crippen molar-refractivity contribution in [1.29, 1.82) is 0 Å². The summed E-state index contributed by atoms with van der Waals surface area (Å²) in [6.07, 6.45) is 4.48. The maximum absolute atomic E-state index is 4.54. The first-order valence-corrected chi connectivity index (χ1v) is 6.18. The molecule has 2 heteroatoms. The van der Waals surface area contributed by atoms with Crippen LogP contribution in [0.3, 0.4) is 0 Å². The van der Waals surface area contributed by atoms with E-state index in [0.717, 1.165) is 6.61 Å². The zero-order chi connectivity index (χ0) is 13.0. The Bertz CT molecular complexity index is 143. The highest BCUT2D eigenvalue weighted by molar-refractivity contribution is 4.76. The van der Waals surface area contributed by atoms with E-state index >= 15 is 0 Å². The minimum absolute atomic E-state index is 0.618. The summed E-state index contributed by atoms with van der Waals surface area (Å²) in [6.45, 7) is 15.3. The van der Waals surface area contributed by atoms with E-state index < -0.39 is 0 Å². The fourth-order valence-corrected chi connectivity index (χ4v) is 1.22. The molecule has 0 amide bonds. The third-order valence-corrected chi connectivity index (χ3v) is 2.63. The topological polar surface area (TPSA) is 12.5 Å². The Morgan fingerprint density at radius 2 is 1.62 bits per heavy atom. The third-order valence-electron chi connectivity index (χ3n) is 2.63. The van der Waals surface area contributed by atoms with Gasteiger partial charge >= 0.3 is 0 Å². The Kier molecular flexibility index (Phi) is 12.6. The smallest absolute Gasteiger partial charge is 0.0433 e. The highest BCUT2D eigenvalue weighted by atomic mass is 16.5. The van der Waals surface area contributed by atoms with Crippen molar-refractivity contribution in [3.63, 3.8) is 0 Å². The lowest BCUT2D eigenvalue weighted by molar-refractivity contribution is 0.157. The number of hydrogen-bond donors (Lipinski definition) is 0. The zero-order valence-electron chi connectivity index (χ0n) is 12.2. The summed E-state index contributed by atoms with van der Waals surface area (Å²) in [5.74, 6) is 0. The van der Waals surface area contributed by atoms with E-state index in [0.29, 0.717) is 5.41 Å². The van der Waals surface area contributed by atoms with Crippen LogP contribution in [-0.4, -0.2) is 38.8 Å². The lowest BCUT2D eigenvalue weighted by Gasteiger charge is -2.34. The van der Waals surface area contributed by atoms with Crippen molar-refractivity contribution < 1.29 is 4.74 Å². The molecule has 1 saturated heterocycles. The molecule has 1 aliphatic heterocycles. The summed E-state index contributed by atoms with van der Waals surface area (Å²) in [5, 5.41) is 0. The monoisotopic (exact) mass is 229 g/mol. The van der Waals surface area contributed by atoms with Gasteiger partial charge in [-0.2, -0.15) is 0 Å². The van der Waals surface area contributed by atoms with Crippen molar-refractivity contribution in [2.75, 3.05) is 33.9 Å². The SMILES string of the molecule is C=CC.CCOC.CN1CCC(C)(C)CC1. The summed E-state index contributed by atoms with van der Waals surface area (Å²) in [7, 11) is 3.88. The van der Waals surface area contributed by atoms with Crippen LogP contribution >= 0.6 is 0 Å². The van der Waals surface area contributed by atoms with E-state index in [1.165, 1.54) is 25.9 Å². The third kappa shape index (κ3) is 13.7. The lowest BCUT2D eigenvalue weighted by atomic mass is 9.83. The van der Waals surface area contributed by atoms with Gasteiger partial charge in [-0.3, -0.25) is 0 Å². The molecule has 0 aromatic rings. The minimum Gasteiger partial charge on any atom is -0.385 e. The molecule has 0 aromatic carbocycles. The molecule has 0 bridgehead atoms. The van der Waals surface area contributed by atoms with Crippen molar-refractivity contribution >= 4 is 0 Å². The summed E-state index contributed by atoms with van der Waals surface area (Å²) < 4.78 is 4.54. The Balaban J connectivity index is 0. The van der Waals surface area contributed by atoms with Crippen molar-refractivity contribution in [2.24, 2.45) is 5.41 Å². The van der Waals surface area contributed by atoms with Crippen LogP contribution in [0.1, 0.15) is 40.5 Å². The van der Waals surface area contributed by atoms with Gasteiger partial charge in [-0.15, -0.1) is 6.58 Å². The van der Waals surface area contributed by atoms with Gasteiger partial charge in [0.2, 0.25) is 0 Å². The highest BCUT2D eigenvalue weighted by Crippen LogP contribution is 2.28. The maximum atomic E-state index is 4.54. The molecule has 1 heterocycles. The number of allylic oxidation sites excluding steroid dienone is 1. The fourth-order valence-electron chi connectivity index (χ4n) is 1.22. The van der Waals surface area contributed by atoms with Gasteiger partial charge in [-0.1, -0.05) is 19.9 Å². The van der Waals surface area contributed by atoms with Crippen molar-refractivity contribution in [3.05, 3.63) is 12.7 Å². The quantitative estimate of drug-likeness (QED) is 0.637. The van der Waals surface area contributed by atoms with Crippen molar-refractivity contribution in [3.8, 4) is 0 Å². The normalized spacial score (nSPS) is 18.6. The van der Waals surface area contributed by atoms with Crippen LogP contribution in [0, 0.1) is 5.41 Å². The van der Waals surface area contributed by atoms with E-state index in [9.17, 15) is 0 Å². The number of piperidine rings is 1. The van der Waals surface area contributed by atoms with Crippen LogP contribution < -0.4 is 0 Å². The predicted molar refractivity (Wildman–Crippen MR) is 73.9 cm³/mol. The molecule has 1 rings (SSSR count). The van der Waals surface area contributed by atoms with Gasteiger partial charge < -0.3 is 9.64 Å². The molecule has 98 valence electrons. The predicted octanol–water partition coefficient (Wildman–Crippen LogP) is 3.58. The standard InChI is InChI=1S/C8H17N.C3H8O.C3H6/c1-8(2)4-6-9(3)7-5-8;1-3-4-2;1-3-2/h4-7H2,1-3H3;3H2,1-2H3;3H,1H2,2H3. The second kappa shape index (κ2) is 11.2. The van der Waals surface area contributed by atoms with Gasteiger partial charge in [0.1, 0.15) is 0 Å². The van der Waals surface area contributed by atoms with E-state index in [2.05, 4.69) is 37.1 Å². The maximum Gasteiger partial charge on any atom is 0.0433 e. The van der Waals surface area contributed by atoms with Crippen molar-refractivity contribution in [2.45, 2.75) is 40.5 Å². The summed E-state index contributed by atoms with van der Waals surface area (Å²) >= 11 is 0. The lowest BCUT2D eigenvalue weighted by Crippen LogP contribution is -2.34. The second-order valence-corrected chi connectivity index (χ2v) is 4.95. The average molecular weight is 229 g/mol. The van der Waals surface area contributed by atoms with Crippen molar-refractivity contribution in [1.82, 2.24) is 4.90 Å². The molecule has 0 radical (unpaired) electrons. The minimum atomic E-state index is 0.618. The zero-order valence-corrected chi connectivity index (χ0v) is 12.2. The van der Waals surface area contributed by atoms with Gasteiger partial charge in [0, 0.05) is 13.7 Å². The Labute approximate surface area is 103 Å². The number of likely N-dealkylation sites (tertiary alicyclic amines) is 1. The fraction of sp³-hybridized carbons (Fsp3) is 0.857. The number of methoxy groups -OCH3 is 1. The molecule has 0 spiro atoms. The van der Waals surface area contributed by atoms with Crippen LogP contribution in [-0.2, 0) is 4.74 Å². The molecular formula is C14H31NO. The van der Waals surface area contributed by atoms with E-state index in [1.807, 2.05) is 13.8 Å². The van der Waals surface area contributed by atoms with Crippen LogP contribution in [0.2, 0.25) is 0 Å². The molecule has 0 aliphatic carbocycles. The molecule has 0 saturated carbocycles. The first-order valence-electron chi connectivity index (χ1n) is 6.18. The largest absolute Gasteiger partial charge is 0.385 e. The first-order chi connectivity index (χ1) is 7.43. The summed E-state index contributed by atoms with van der Waals surface area (Å²) in [6, 6.07) is 0. The van der Waals surface area contributed by atoms with Crippen LogP contribution in [0.5, 0.6) is 0 Å². The van der Waals surface area contributed by atoms with E-state index in [4.69, 9.17) is 0 Å². The molecule has 0 N–H and O–H groups in total. The van der Waals surface area contributed by atoms with Gasteiger partial charge in [-0.05, 0) is 52.2 Å². The number of ether oxygens (including phenoxy) is 1. The highest BCUT2D eigenvalue weighted by Gasteiger charge is 2.22. The molecule has 0 unspecified atom stereocenters. The second-order valence-electron chi connectivity index (χ2n) is 4.95. The van der Waals surface area contributed by atoms with Crippen LogP contribution in [0.4, 0.5) is 0 Å². The van der Waals surface area contributed by atoms with E-state index in [-0.39, 0.29) is 0 Å². The number of hydrogen-bond acceptors (Lipinski definition) is 2. The summed E-state index contributed by atoms with van der Waals surface area (Å²) in [4.78, 5) is 2.41. The van der Waals surface area contributed by atoms with Gasteiger partial charge in [-0.25, -0.2) is 0 Å². The van der Waals surface area contributed by atoms with Gasteiger partial charge in [0.25, 0.3) is 0 Å². The molecule has 0 aromatic heterocycles. The molecule has 0 atom stereocenters. The molecule has 16 heavy (non-hydrogen) atoms. The Hall–Kier alpha value is -0.340. The summed E-state index contributed by atoms with van der Waals surface area (Å²) in [5.41, 5.74) is 0.618. The number of rotatable bonds is 1. The molecular weight excluding hydrogens is 198 g/mol. The Morgan fingerprint density at radius 1 is 1.31 bits per heavy atom. The van der Waals surface area contributed by atoms with Crippen LogP contribution in [0.25, 0.3) is 0 Å². The van der Waals surface area contributed by atoms with Gasteiger partial charge in [0.15, 0.2) is 0 Å². The molecule has 1 fully saturated rings. The average Bonchev–Trinajstić information content (AvgIpc) is 2.24. The van der Waals surface area contributed by atoms with E-state index in [1.54, 1.807) is 13.2 Å². The van der Waals surface area contributed by atoms with Crippen LogP contribution in [0.15, 0.2) is 12.7 Å². The molecule has 2 nitrogen and oxygen atoms in total.